The smallest absolute Gasteiger partial charge is 0.294 e. The highest BCUT2D eigenvalue weighted by atomic mass is 35.5. The third kappa shape index (κ3) is 5.43. The quantitative estimate of drug-likeness (QED) is 0.562. The van der Waals surface area contributed by atoms with E-state index in [1.54, 1.807) is 34.0 Å². The van der Waals surface area contributed by atoms with Crippen LogP contribution in [0.5, 0.6) is 0 Å². The van der Waals surface area contributed by atoms with Crippen LogP contribution in [0.4, 0.5) is 5.69 Å². The molecule has 0 aliphatic carbocycles. The second-order valence-electron chi connectivity index (χ2n) is 6.47. The maximum absolute atomic E-state index is 12.8. The highest BCUT2D eigenvalue weighted by Crippen LogP contribution is 2.26. The summed E-state index contributed by atoms with van der Waals surface area (Å²) in [6.45, 7) is 5.38. The average Bonchev–Trinajstić information content (AvgIpc) is 3.20. The molecule has 0 spiro atoms. The minimum Gasteiger partial charge on any atom is -0.339 e. The van der Waals surface area contributed by atoms with Crippen LogP contribution in [0.1, 0.15) is 30.1 Å². The van der Waals surface area contributed by atoms with Crippen LogP contribution in [0.3, 0.4) is 0 Å². The molecule has 10 heteroatoms. The Morgan fingerprint density at radius 2 is 2.04 bits per heavy atom. The number of imidazole rings is 1. The molecule has 154 valence electrons. The highest BCUT2D eigenvalue weighted by molar-refractivity contribution is 5.95. The number of nitrogens with one attached hydrogen (secondary N) is 1. The molecule has 1 amide bonds. The van der Waals surface area contributed by atoms with Crippen LogP contribution in [-0.2, 0) is 0 Å². The lowest BCUT2D eigenvalue weighted by atomic mass is 9.96. The Kier molecular flexibility index (Phi) is 9.37. The maximum atomic E-state index is 12.8. The van der Waals surface area contributed by atoms with E-state index in [9.17, 15) is 14.9 Å². The summed E-state index contributed by atoms with van der Waals surface area (Å²) in [7, 11) is 0. The second-order valence-corrected chi connectivity index (χ2v) is 6.47. The minimum absolute atomic E-state index is 0. The van der Waals surface area contributed by atoms with Gasteiger partial charge in [-0.3, -0.25) is 14.9 Å². The second kappa shape index (κ2) is 11.0. The third-order valence-electron chi connectivity index (χ3n) is 4.79. The summed E-state index contributed by atoms with van der Waals surface area (Å²) in [5, 5.41) is 14.8. The number of benzene rings is 1. The Balaban J connectivity index is 0.00000196. The Hall–Kier alpha value is -2.16. The molecule has 0 saturated carbocycles. The number of carbonyl (C=O) groups excluding carboxylic acids is 1. The van der Waals surface area contributed by atoms with Crippen LogP contribution in [0.15, 0.2) is 36.9 Å². The fraction of sp³-hybridized carbons (Fsp3) is 0.444. The Morgan fingerprint density at radius 1 is 1.32 bits per heavy atom. The Bertz CT molecular complexity index is 778. The van der Waals surface area contributed by atoms with Crippen LogP contribution in [0.25, 0.3) is 5.69 Å². The topological polar surface area (TPSA) is 93.3 Å². The summed E-state index contributed by atoms with van der Waals surface area (Å²) in [5.74, 6) is 0.434. The molecule has 1 aromatic heterocycles. The first-order valence-corrected chi connectivity index (χ1v) is 8.87. The van der Waals surface area contributed by atoms with Crippen molar-refractivity contribution in [2.75, 3.05) is 26.2 Å². The van der Waals surface area contributed by atoms with Gasteiger partial charge in [-0.05, 0) is 44.0 Å². The average molecular weight is 430 g/mol. The standard InChI is InChI=1S/C18H23N5O3.2ClH/c1-2-19-12-14-5-8-21(9-6-14)18(24)15-3-4-16(17(11-15)23(25)26)22-10-7-20-13-22;;/h3-4,7,10-11,13-14,19H,2,5-6,8-9,12H2,1H3;2*1H. The zero-order chi connectivity index (χ0) is 18.5. The van der Waals surface area contributed by atoms with Gasteiger partial charge in [0, 0.05) is 37.1 Å². The minimum atomic E-state index is -0.464. The van der Waals surface area contributed by atoms with Gasteiger partial charge < -0.3 is 14.8 Å². The first kappa shape index (κ1) is 23.9. The molecule has 1 aromatic carbocycles. The zero-order valence-electron chi connectivity index (χ0n) is 15.6. The number of hydrogen-bond acceptors (Lipinski definition) is 5. The number of aromatic nitrogens is 2. The first-order chi connectivity index (χ1) is 12.6. The van der Waals surface area contributed by atoms with E-state index in [-0.39, 0.29) is 36.4 Å². The molecule has 0 bridgehead atoms. The van der Waals surface area contributed by atoms with E-state index in [4.69, 9.17) is 0 Å². The van der Waals surface area contributed by atoms with Crippen molar-refractivity contribution in [1.29, 1.82) is 0 Å². The Labute approximate surface area is 176 Å². The van der Waals surface area contributed by atoms with Crippen LogP contribution in [0, 0.1) is 16.0 Å². The molecule has 1 fully saturated rings. The number of nitro groups is 1. The van der Waals surface area contributed by atoms with E-state index in [1.165, 1.54) is 12.4 Å². The number of hydrogen-bond donors (Lipinski definition) is 1. The molecule has 0 unspecified atom stereocenters. The van der Waals surface area contributed by atoms with Crippen LogP contribution in [0.2, 0.25) is 0 Å². The van der Waals surface area contributed by atoms with Gasteiger partial charge in [0.05, 0.1) is 11.3 Å². The molecule has 0 atom stereocenters. The summed E-state index contributed by atoms with van der Waals surface area (Å²) in [5.41, 5.74) is 0.648. The summed E-state index contributed by atoms with van der Waals surface area (Å²) in [6, 6.07) is 4.61. The molecular formula is C18H25Cl2N5O3. The van der Waals surface area contributed by atoms with Gasteiger partial charge >= 0.3 is 0 Å². The van der Waals surface area contributed by atoms with Crippen molar-refractivity contribution in [2.45, 2.75) is 19.8 Å². The van der Waals surface area contributed by atoms with Crippen molar-refractivity contribution >= 4 is 36.4 Å². The molecular weight excluding hydrogens is 405 g/mol. The number of likely N-dealkylation sites (tertiary alicyclic amines) is 1. The molecule has 2 aromatic rings. The number of nitro benzene ring substituents is 1. The number of carbonyl (C=O) groups is 1. The van der Waals surface area contributed by atoms with Gasteiger partial charge in [0.15, 0.2) is 0 Å². The molecule has 3 rings (SSSR count). The van der Waals surface area contributed by atoms with E-state index in [1.807, 2.05) is 0 Å². The number of halogens is 2. The maximum Gasteiger partial charge on any atom is 0.294 e. The van der Waals surface area contributed by atoms with Gasteiger partial charge in [0.2, 0.25) is 0 Å². The lowest BCUT2D eigenvalue weighted by Gasteiger charge is -2.32. The van der Waals surface area contributed by atoms with Gasteiger partial charge in [0.25, 0.3) is 11.6 Å². The van der Waals surface area contributed by atoms with Crippen molar-refractivity contribution in [2.24, 2.45) is 5.92 Å². The zero-order valence-corrected chi connectivity index (χ0v) is 17.2. The number of amides is 1. The summed E-state index contributed by atoms with van der Waals surface area (Å²) >= 11 is 0. The van der Waals surface area contributed by atoms with E-state index >= 15 is 0 Å². The van der Waals surface area contributed by atoms with Crippen molar-refractivity contribution in [3.8, 4) is 5.69 Å². The SMILES string of the molecule is CCNCC1CCN(C(=O)c2ccc(-n3ccnc3)c([N+](=O)[O-])c2)CC1.Cl.Cl. The lowest BCUT2D eigenvalue weighted by Crippen LogP contribution is -2.40. The largest absolute Gasteiger partial charge is 0.339 e. The van der Waals surface area contributed by atoms with Gasteiger partial charge in [-0.1, -0.05) is 6.92 Å². The highest BCUT2D eigenvalue weighted by Gasteiger charge is 2.25. The van der Waals surface area contributed by atoms with Gasteiger partial charge in [-0.2, -0.15) is 0 Å². The van der Waals surface area contributed by atoms with Crippen molar-refractivity contribution < 1.29 is 9.72 Å². The van der Waals surface area contributed by atoms with E-state index in [2.05, 4.69) is 17.2 Å². The van der Waals surface area contributed by atoms with E-state index < -0.39 is 4.92 Å². The lowest BCUT2D eigenvalue weighted by molar-refractivity contribution is -0.384. The van der Waals surface area contributed by atoms with Gasteiger partial charge in [0.1, 0.15) is 5.69 Å². The molecule has 2 heterocycles. The van der Waals surface area contributed by atoms with Crippen LogP contribution < -0.4 is 5.32 Å². The van der Waals surface area contributed by atoms with Crippen LogP contribution in [-0.4, -0.2) is 51.5 Å². The number of piperidine rings is 1. The molecule has 1 aliphatic rings. The fourth-order valence-electron chi connectivity index (χ4n) is 3.29. The van der Waals surface area contributed by atoms with Crippen molar-refractivity contribution in [3.05, 3.63) is 52.6 Å². The third-order valence-corrected chi connectivity index (χ3v) is 4.79. The summed E-state index contributed by atoms with van der Waals surface area (Å²) in [6.07, 6.45) is 6.60. The molecule has 1 N–H and O–H groups in total. The van der Waals surface area contributed by atoms with Crippen LogP contribution >= 0.6 is 24.8 Å². The fourth-order valence-corrected chi connectivity index (χ4v) is 3.29. The summed E-state index contributed by atoms with van der Waals surface area (Å²) < 4.78 is 1.57. The summed E-state index contributed by atoms with van der Waals surface area (Å²) in [4.78, 5) is 29.5. The first-order valence-electron chi connectivity index (χ1n) is 8.87. The molecule has 0 radical (unpaired) electrons. The molecule has 8 nitrogen and oxygen atoms in total. The normalized spacial score (nSPS) is 14.1. The Morgan fingerprint density at radius 3 is 2.61 bits per heavy atom. The molecule has 1 saturated heterocycles. The van der Waals surface area contributed by atoms with Gasteiger partial charge in [-0.15, -0.1) is 24.8 Å². The number of rotatable bonds is 6. The van der Waals surface area contributed by atoms with Gasteiger partial charge in [-0.25, -0.2) is 4.98 Å². The predicted molar refractivity (Wildman–Crippen MR) is 112 cm³/mol. The molecule has 1 aliphatic heterocycles. The number of nitrogens with zero attached hydrogens (tertiary/aromatic N) is 4. The monoisotopic (exact) mass is 429 g/mol. The predicted octanol–water partition coefficient (Wildman–Crippen LogP) is 3.09. The van der Waals surface area contributed by atoms with Crippen molar-refractivity contribution in [1.82, 2.24) is 19.8 Å². The molecule has 28 heavy (non-hydrogen) atoms. The van der Waals surface area contributed by atoms with Crippen molar-refractivity contribution in [3.63, 3.8) is 0 Å². The van der Waals surface area contributed by atoms with E-state index in [0.29, 0.717) is 30.3 Å². The van der Waals surface area contributed by atoms with E-state index in [0.717, 1.165) is 25.9 Å².